The Balaban J connectivity index is 1.67. The molecule has 104 valence electrons. The van der Waals surface area contributed by atoms with Crippen LogP contribution in [0.3, 0.4) is 0 Å². The highest BCUT2D eigenvalue weighted by Gasteiger charge is 2.02. The third-order valence-electron chi connectivity index (χ3n) is 2.95. The van der Waals surface area contributed by atoms with E-state index in [0.29, 0.717) is 12.2 Å². The third kappa shape index (κ3) is 4.45. The van der Waals surface area contributed by atoms with Crippen molar-refractivity contribution in [2.45, 2.75) is 13.0 Å². The number of nitriles is 1. The van der Waals surface area contributed by atoms with Crippen LogP contribution in [0.5, 0.6) is 5.75 Å². The standard InChI is InChI=1S/C16H18N2O2/c1-18(12-15-6-9-19-13-15)7-3-8-20-16-5-2-4-14(10-16)11-17/h2,4-6,9-10,13H,3,7-8,12H2,1H3. The first-order valence-corrected chi connectivity index (χ1v) is 6.60. The monoisotopic (exact) mass is 270 g/mol. The fourth-order valence-electron chi connectivity index (χ4n) is 1.95. The summed E-state index contributed by atoms with van der Waals surface area (Å²) < 4.78 is 10.7. The molecule has 0 amide bonds. The maximum Gasteiger partial charge on any atom is 0.120 e. The molecule has 1 aromatic heterocycles. The zero-order chi connectivity index (χ0) is 14.2. The van der Waals surface area contributed by atoms with E-state index in [0.717, 1.165) is 25.3 Å². The minimum absolute atomic E-state index is 0.625. The van der Waals surface area contributed by atoms with Gasteiger partial charge in [0.15, 0.2) is 0 Å². The molecule has 0 saturated heterocycles. The molecular weight excluding hydrogens is 252 g/mol. The van der Waals surface area contributed by atoms with E-state index >= 15 is 0 Å². The van der Waals surface area contributed by atoms with E-state index in [4.69, 9.17) is 14.4 Å². The Labute approximate surface area is 119 Å². The molecule has 0 aliphatic carbocycles. The topological polar surface area (TPSA) is 49.4 Å². The van der Waals surface area contributed by atoms with Crippen molar-refractivity contribution in [3.05, 3.63) is 54.0 Å². The lowest BCUT2D eigenvalue weighted by Crippen LogP contribution is -2.20. The summed E-state index contributed by atoms with van der Waals surface area (Å²) in [7, 11) is 2.07. The molecule has 0 N–H and O–H groups in total. The fraction of sp³-hybridized carbons (Fsp3) is 0.312. The first-order valence-electron chi connectivity index (χ1n) is 6.60. The molecule has 0 bridgehead atoms. The molecule has 0 aliphatic heterocycles. The van der Waals surface area contributed by atoms with Crippen LogP contribution in [0.1, 0.15) is 17.5 Å². The van der Waals surface area contributed by atoms with E-state index in [1.165, 1.54) is 5.56 Å². The Hall–Kier alpha value is -2.25. The van der Waals surface area contributed by atoms with Gasteiger partial charge >= 0.3 is 0 Å². The van der Waals surface area contributed by atoms with Gasteiger partial charge in [0.25, 0.3) is 0 Å². The Morgan fingerprint density at radius 3 is 3.00 bits per heavy atom. The molecular formula is C16H18N2O2. The minimum Gasteiger partial charge on any atom is -0.494 e. The highest BCUT2D eigenvalue weighted by Crippen LogP contribution is 2.12. The van der Waals surface area contributed by atoms with E-state index in [-0.39, 0.29) is 0 Å². The maximum absolute atomic E-state index is 8.81. The largest absolute Gasteiger partial charge is 0.494 e. The Morgan fingerprint density at radius 1 is 1.35 bits per heavy atom. The average molecular weight is 270 g/mol. The molecule has 0 radical (unpaired) electrons. The molecule has 0 spiro atoms. The van der Waals surface area contributed by atoms with Crippen LogP contribution in [0.2, 0.25) is 0 Å². The van der Waals surface area contributed by atoms with E-state index < -0.39 is 0 Å². The SMILES string of the molecule is CN(CCCOc1cccc(C#N)c1)Cc1ccoc1. The van der Waals surface area contributed by atoms with Crippen LogP contribution < -0.4 is 4.74 Å². The van der Waals surface area contributed by atoms with Crippen molar-refractivity contribution >= 4 is 0 Å². The van der Waals surface area contributed by atoms with Gasteiger partial charge in [0.2, 0.25) is 0 Å². The molecule has 1 aromatic carbocycles. The highest BCUT2D eigenvalue weighted by molar-refractivity contribution is 5.36. The fourth-order valence-corrected chi connectivity index (χ4v) is 1.95. The lowest BCUT2D eigenvalue weighted by molar-refractivity contribution is 0.258. The number of hydrogen-bond acceptors (Lipinski definition) is 4. The molecule has 0 unspecified atom stereocenters. The zero-order valence-corrected chi connectivity index (χ0v) is 11.6. The first kappa shape index (κ1) is 14.2. The van der Waals surface area contributed by atoms with Crippen molar-refractivity contribution in [3.8, 4) is 11.8 Å². The van der Waals surface area contributed by atoms with Gasteiger partial charge in [0.05, 0.1) is 30.8 Å². The number of ether oxygens (including phenoxy) is 1. The van der Waals surface area contributed by atoms with Gasteiger partial charge in [-0.2, -0.15) is 5.26 Å². The van der Waals surface area contributed by atoms with Crippen LogP contribution in [0.4, 0.5) is 0 Å². The first-order chi connectivity index (χ1) is 9.78. The van der Waals surface area contributed by atoms with Gasteiger partial charge in [-0.1, -0.05) is 6.07 Å². The Bertz CT molecular complexity index is 558. The molecule has 4 heteroatoms. The molecule has 0 aliphatic rings. The second-order valence-electron chi connectivity index (χ2n) is 4.71. The summed E-state index contributed by atoms with van der Waals surface area (Å²) in [6.45, 7) is 2.47. The third-order valence-corrected chi connectivity index (χ3v) is 2.95. The number of benzene rings is 1. The molecule has 0 saturated carbocycles. The van der Waals surface area contributed by atoms with Crippen LogP contribution in [-0.2, 0) is 6.54 Å². The Morgan fingerprint density at radius 2 is 2.25 bits per heavy atom. The van der Waals surface area contributed by atoms with Gasteiger partial charge in [-0.3, -0.25) is 0 Å². The summed E-state index contributed by atoms with van der Waals surface area (Å²) in [4.78, 5) is 2.22. The van der Waals surface area contributed by atoms with Crippen LogP contribution in [0.25, 0.3) is 0 Å². The van der Waals surface area contributed by atoms with Crippen molar-refractivity contribution in [1.82, 2.24) is 4.90 Å². The predicted octanol–water partition coefficient (Wildman–Crippen LogP) is 3.05. The van der Waals surface area contributed by atoms with E-state index in [9.17, 15) is 0 Å². The summed E-state index contributed by atoms with van der Waals surface area (Å²) in [5.41, 5.74) is 1.80. The molecule has 4 nitrogen and oxygen atoms in total. The van der Waals surface area contributed by atoms with Crippen LogP contribution >= 0.6 is 0 Å². The van der Waals surface area contributed by atoms with Gasteiger partial charge in [-0.05, 0) is 37.7 Å². The second kappa shape index (κ2) is 7.37. The van der Waals surface area contributed by atoms with Gasteiger partial charge in [0.1, 0.15) is 5.75 Å². The molecule has 0 fully saturated rings. The summed E-state index contributed by atoms with van der Waals surface area (Å²) in [6.07, 6.45) is 4.39. The van der Waals surface area contributed by atoms with Crippen molar-refractivity contribution in [2.75, 3.05) is 20.2 Å². The number of rotatable bonds is 7. The number of nitrogens with zero attached hydrogens (tertiary/aromatic N) is 2. The highest BCUT2D eigenvalue weighted by atomic mass is 16.5. The number of hydrogen-bond donors (Lipinski definition) is 0. The zero-order valence-electron chi connectivity index (χ0n) is 11.6. The van der Waals surface area contributed by atoms with Crippen molar-refractivity contribution < 1.29 is 9.15 Å². The van der Waals surface area contributed by atoms with Crippen molar-refractivity contribution in [1.29, 1.82) is 5.26 Å². The predicted molar refractivity (Wildman–Crippen MR) is 76.3 cm³/mol. The summed E-state index contributed by atoms with van der Waals surface area (Å²) >= 11 is 0. The van der Waals surface area contributed by atoms with Gasteiger partial charge in [-0.15, -0.1) is 0 Å². The average Bonchev–Trinajstić information content (AvgIpc) is 2.97. The smallest absolute Gasteiger partial charge is 0.120 e. The molecule has 1 heterocycles. The second-order valence-corrected chi connectivity index (χ2v) is 4.71. The van der Waals surface area contributed by atoms with Crippen molar-refractivity contribution in [3.63, 3.8) is 0 Å². The van der Waals surface area contributed by atoms with E-state index in [1.807, 2.05) is 18.2 Å². The Kier molecular flexibility index (Phi) is 5.22. The normalized spacial score (nSPS) is 10.4. The van der Waals surface area contributed by atoms with E-state index in [1.54, 1.807) is 24.7 Å². The lowest BCUT2D eigenvalue weighted by Gasteiger charge is -2.15. The summed E-state index contributed by atoms with van der Waals surface area (Å²) in [6, 6.07) is 11.3. The van der Waals surface area contributed by atoms with Crippen LogP contribution in [-0.4, -0.2) is 25.1 Å². The van der Waals surface area contributed by atoms with E-state index in [2.05, 4.69) is 18.0 Å². The van der Waals surface area contributed by atoms with Gasteiger partial charge in [-0.25, -0.2) is 0 Å². The maximum atomic E-state index is 8.81. The molecule has 0 atom stereocenters. The quantitative estimate of drug-likeness (QED) is 0.726. The van der Waals surface area contributed by atoms with Gasteiger partial charge in [0, 0.05) is 18.7 Å². The van der Waals surface area contributed by atoms with Crippen LogP contribution in [0.15, 0.2) is 47.3 Å². The van der Waals surface area contributed by atoms with Gasteiger partial charge < -0.3 is 14.1 Å². The molecule has 2 rings (SSSR count). The molecule has 20 heavy (non-hydrogen) atoms. The number of furan rings is 1. The summed E-state index contributed by atoms with van der Waals surface area (Å²) in [5, 5.41) is 8.81. The minimum atomic E-state index is 0.625. The van der Waals surface area contributed by atoms with Crippen LogP contribution in [0, 0.1) is 11.3 Å². The summed E-state index contributed by atoms with van der Waals surface area (Å²) in [5.74, 6) is 0.751. The lowest BCUT2D eigenvalue weighted by atomic mass is 10.2. The molecule has 2 aromatic rings. The van der Waals surface area contributed by atoms with Crippen molar-refractivity contribution in [2.24, 2.45) is 0 Å².